The number of ether oxygens (including phenoxy) is 1. The lowest BCUT2D eigenvalue weighted by Gasteiger charge is -2.07. The normalized spacial score (nSPS) is 10.0. The Morgan fingerprint density at radius 1 is 1.21 bits per heavy atom. The first-order chi connectivity index (χ1) is 9.10. The van der Waals surface area contributed by atoms with Gasteiger partial charge in [-0.15, -0.1) is 0 Å². The van der Waals surface area contributed by atoms with Crippen molar-refractivity contribution in [2.75, 3.05) is 18.2 Å². The zero-order valence-corrected chi connectivity index (χ0v) is 10.8. The molecule has 2 rings (SSSR count). The minimum Gasteiger partial charge on any atom is -0.497 e. The van der Waals surface area contributed by atoms with Crippen LogP contribution in [0.4, 0.5) is 11.5 Å². The Bertz CT molecular complexity index is 594. The van der Waals surface area contributed by atoms with Gasteiger partial charge in [-0.05, 0) is 43.3 Å². The summed E-state index contributed by atoms with van der Waals surface area (Å²) in [6.07, 6.45) is 0. The molecule has 5 nitrogen and oxygen atoms in total. The molecule has 0 spiro atoms. The largest absolute Gasteiger partial charge is 0.497 e. The van der Waals surface area contributed by atoms with Crippen LogP contribution >= 0.6 is 0 Å². The maximum Gasteiger partial charge on any atom is 0.256 e. The van der Waals surface area contributed by atoms with Crippen LogP contribution in [0.2, 0.25) is 0 Å². The minimum atomic E-state index is -0.223. The molecule has 19 heavy (non-hydrogen) atoms. The predicted octanol–water partition coefficient (Wildman–Crippen LogP) is 2.23. The smallest absolute Gasteiger partial charge is 0.256 e. The molecule has 1 aromatic heterocycles. The first-order valence-electron chi connectivity index (χ1n) is 5.78. The molecule has 5 heteroatoms. The third kappa shape index (κ3) is 3.01. The van der Waals surface area contributed by atoms with E-state index in [4.69, 9.17) is 10.5 Å². The van der Waals surface area contributed by atoms with E-state index in [1.807, 2.05) is 0 Å². The molecular weight excluding hydrogens is 242 g/mol. The van der Waals surface area contributed by atoms with Crippen molar-refractivity contribution in [2.24, 2.45) is 0 Å². The number of carbonyl (C=O) groups is 1. The van der Waals surface area contributed by atoms with E-state index in [-0.39, 0.29) is 5.91 Å². The van der Waals surface area contributed by atoms with Gasteiger partial charge in [-0.3, -0.25) is 4.79 Å². The number of hydrogen-bond acceptors (Lipinski definition) is 4. The second-order valence-corrected chi connectivity index (χ2v) is 4.05. The third-order valence-electron chi connectivity index (χ3n) is 2.72. The highest BCUT2D eigenvalue weighted by Crippen LogP contribution is 2.15. The van der Waals surface area contributed by atoms with Crippen LogP contribution in [-0.4, -0.2) is 18.0 Å². The van der Waals surface area contributed by atoms with E-state index >= 15 is 0 Å². The van der Waals surface area contributed by atoms with Gasteiger partial charge in [-0.2, -0.15) is 0 Å². The van der Waals surface area contributed by atoms with Crippen LogP contribution in [-0.2, 0) is 0 Å². The van der Waals surface area contributed by atoms with E-state index in [1.165, 1.54) is 0 Å². The van der Waals surface area contributed by atoms with E-state index in [0.717, 1.165) is 0 Å². The van der Waals surface area contributed by atoms with Crippen molar-refractivity contribution < 1.29 is 9.53 Å². The molecule has 3 N–H and O–H groups in total. The van der Waals surface area contributed by atoms with Crippen molar-refractivity contribution in [3.05, 3.63) is 47.7 Å². The van der Waals surface area contributed by atoms with E-state index in [0.29, 0.717) is 28.5 Å². The molecule has 98 valence electrons. The number of pyridine rings is 1. The number of rotatable bonds is 3. The summed E-state index contributed by atoms with van der Waals surface area (Å²) in [6.45, 7) is 1.79. The first-order valence-corrected chi connectivity index (χ1v) is 5.78. The molecule has 0 radical (unpaired) electrons. The average molecular weight is 257 g/mol. The van der Waals surface area contributed by atoms with E-state index < -0.39 is 0 Å². The molecular formula is C14H15N3O2. The molecule has 0 aliphatic rings. The molecule has 0 aliphatic heterocycles. The summed E-state index contributed by atoms with van der Waals surface area (Å²) in [5.41, 5.74) is 7.50. The Balaban J connectivity index is 2.13. The fourth-order valence-corrected chi connectivity index (χ4v) is 1.57. The van der Waals surface area contributed by atoms with Gasteiger partial charge in [0, 0.05) is 5.56 Å². The Morgan fingerprint density at radius 2 is 1.89 bits per heavy atom. The fourth-order valence-electron chi connectivity index (χ4n) is 1.57. The monoisotopic (exact) mass is 257 g/mol. The molecule has 1 heterocycles. The molecule has 0 aliphatic carbocycles. The number of amides is 1. The summed E-state index contributed by atoms with van der Waals surface area (Å²) < 4.78 is 5.04. The van der Waals surface area contributed by atoms with Crippen molar-refractivity contribution >= 4 is 17.4 Å². The zero-order chi connectivity index (χ0) is 13.8. The Hall–Kier alpha value is -2.56. The number of benzene rings is 1. The van der Waals surface area contributed by atoms with Crippen LogP contribution in [0.25, 0.3) is 0 Å². The number of aromatic nitrogens is 1. The second-order valence-electron chi connectivity index (χ2n) is 4.05. The lowest BCUT2D eigenvalue weighted by atomic mass is 10.2. The SMILES string of the molecule is COc1ccc(C(=O)Nc2ccc(N)c(C)n2)cc1. The molecule has 0 unspecified atom stereocenters. The highest BCUT2D eigenvalue weighted by Gasteiger charge is 2.07. The van der Waals surface area contributed by atoms with Crippen molar-refractivity contribution in [1.82, 2.24) is 4.98 Å². The number of methoxy groups -OCH3 is 1. The van der Waals surface area contributed by atoms with E-state index in [9.17, 15) is 4.79 Å². The van der Waals surface area contributed by atoms with Crippen LogP contribution in [0.3, 0.4) is 0 Å². The van der Waals surface area contributed by atoms with Crippen LogP contribution in [0, 0.1) is 6.92 Å². The van der Waals surface area contributed by atoms with Crippen molar-refractivity contribution in [3.63, 3.8) is 0 Å². The Labute approximate surface area is 111 Å². The molecule has 0 saturated heterocycles. The summed E-state index contributed by atoms with van der Waals surface area (Å²) in [6, 6.07) is 10.2. The van der Waals surface area contributed by atoms with Gasteiger partial charge in [0.2, 0.25) is 0 Å². The number of nitrogen functional groups attached to an aromatic ring is 1. The zero-order valence-electron chi connectivity index (χ0n) is 10.8. The van der Waals surface area contributed by atoms with E-state index in [2.05, 4.69) is 10.3 Å². The van der Waals surface area contributed by atoms with Gasteiger partial charge in [0.1, 0.15) is 11.6 Å². The minimum absolute atomic E-state index is 0.223. The number of nitrogens with two attached hydrogens (primary N) is 1. The summed E-state index contributed by atoms with van der Waals surface area (Å²) in [5.74, 6) is 0.963. The number of carbonyl (C=O) groups excluding carboxylic acids is 1. The van der Waals surface area contributed by atoms with Gasteiger partial charge >= 0.3 is 0 Å². The van der Waals surface area contributed by atoms with Gasteiger partial charge in [0.15, 0.2) is 0 Å². The van der Waals surface area contributed by atoms with Crippen LogP contribution in [0.15, 0.2) is 36.4 Å². The molecule has 0 fully saturated rings. The average Bonchev–Trinajstić information content (AvgIpc) is 2.43. The van der Waals surface area contributed by atoms with Gasteiger partial charge in [0.25, 0.3) is 5.91 Å². The second kappa shape index (κ2) is 5.39. The fraction of sp³-hybridized carbons (Fsp3) is 0.143. The maximum atomic E-state index is 12.0. The van der Waals surface area contributed by atoms with Crippen LogP contribution in [0.5, 0.6) is 5.75 Å². The number of anilines is 2. The third-order valence-corrected chi connectivity index (χ3v) is 2.72. The molecule has 2 aromatic rings. The topological polar surface area (TPSA) is 77.2 Å². The summed E-state index contributed by atoms with van der Waals surface area (Å²) >= 11 is 0. The number of nitrogens with zero attached hydrogens (tertiary/aromatic N) is 1. The standard InChI is InChI=1S/C14H15N3O2/c1-9-12(15)7-8-13(16-9)17-14(18)10-3-5-11(19-2)6-4-10/h3-8H,15H2,1-2H3,(H,16,17,18). The molecule has 0 bridgehead atoms. The van der Waals surface area contributed by atoms with Crippen molar-refractivity contribution in [1.29, 1.82) is 0 Å². The predicted molar refractivity (Wildman–Crippen MR) is 74.3 cm³/mol. The molecule has 1 amide bonds. The lowest BCUT2D eigenvalue weighted by Crippen LogP contribution is -2.13. The number of nitrogens with one attached hydrogen (secondary N) is 1. The van der Waals surface area contributed by atoms with Crippen LogP contribution < -0.4 is 15.8 Å². The quantitative estimate of drug-likeness (QED) is 0.884. The van der Waals surface area contributed by atoms with Gasteiger partial charge < -0.3 is 15.8 Å². The Morgan fingerprint density at radius 3 is 2.47 bits per heavy atom. The Kier molecular flexibility index (Phi) is 3.66. The molecule has 0 saturated carbocycles. The highest BCUT2D eigenvalue weighted by atomic mass is 16.5. The molecule has 1 aromatic carbocycles. The highest BCUT2D eigenvalue weighted by molar-refractivity contribution is 6.03. The van der Waals surface area contributed by atoms with Crippen molar-refractivity contribution in [3.8, 4) is 5.75 Å². The summed E-state index contributed by atoms with van der Waals surface area (Å²) in [7, 11) is 1.58. The van der Waals surface area contributed by atoms with Gasteiger partial charge in [-0.1, -0.05) is 0 Å². The summed E-state index contributed by atoms with van der Waals surface area (Å²) in [5, 5.41) is 2.72. The van der Waals surface area contributed by atoms with E-state index in [1.54, 1.807) is 50.4 Å². The lowest BCUT2D eigenvalue weighted by molar-refractivity contribution is 0.102. The summed E-state index contributed by atoms with van der Waals surface area (Å²) in [4.78, 5) is 16.2. The maximum absolute atomic E-state index is 12.0. The van der Waals surface area contributed by atoms with Crippen LogP contribution in [0.1, 0.15) is 16.1 Å². The van der Waals surface area contributed by atoms with Crippen molar-refractivity contribution in [2.45, 2.75) is 6.92 Å². The van der Waals surface area contributed by atoms with Gasteiger partial charge in [-0.25, -0.2) is 4.98 Å². The first kappa shape index (κ1) is 12.9. The number of hydrogen-bond donors (Lipinski definition) is 2. The molecule has 0 atom stereocenters. The number of aryl methyl sites for hydroxylation is 1. The van der Waals surface area contributed by atoms with Gasteiger partial charge in [0.05, 0.1) is 18.5 Å².